The molecule has 0 unspecified atom stereocenters. The summed E-state index contributed by atoms with van der Waals surface area (Å²) >= 11 is 4.29. The molecule has 0 heterocycles. The normalized spacial score (nSPS) is 43.5. The molecule has 0 saturated heterocycles. The standard InChI is InChI=1S/C10H16O2S/c11-10(12)9-7-3-1-6(2-4-7)8(9)5-13/h6-9,13H,1-5H2,(H,11,12)/t6?,7?,8-,9+/m0/s1. The van der Waals surface area contributed by atoms with Gasteiger partial charge in [0.15, 0.2) is 0 Å². The Balaban J connectivity index is 2.18. The third-order valence-corrected chi connectivity index (χ3v) is 4.31. The van der Waals surface area contributed by atoms with Crippen LogP contribution in [0.5, 0.6) is 0 Å². The maximum Gasteiger partial charge on any atom is 0.307 e. The topological polar surface area (TPSA) is 37.3 Å². The molecular formula is C10H16O2S. The smallest absolute Gasteiger partial charge is 0.307 e. The molecule has 0 aromatic carbocycles. The third-order valence-electron chi connectivity index (χ3n) is 3.89. The van der Waals surface area contributed by atoms with Gasteiger partial charge in [-0.3, -0.25) is 4.79 Å². The van der Waals surface area contributed by atoms with Crippen LogP contribution in [-0.4, -0.2) is 16.8 Å². The lowest BCUT2D eigenvalue weighted by atomic mass is 9.59. The summed E-state index contributed by atoms with van der Waals surface area (Å²) in [6.45, 7) is 0. The Morgan fingerprint density at radius 3 is 2.15 bits per heavy atom. The molecule has 2 nitrogen and oxygen atoms in total. The van der Waals surface area contributed by atoms with Gasteiger partial charge in [0, 0.05) is 0 Å². The molecule has 0 aromatic heterocycles. The van der Waals surface area contributed by atoms with Crippen molar-refractivity contribution in [3.63, 3.8) is 0 Å². The van der Waals surface area contributed by atoms with Crippen LogP contribution in [0.2, 0.25) is 0 Å². The van der Waals surface area contributed by atoms with E-state index in [2.05, 4.69) is 12.6 Å². The van der Waals surface area contributed by atoms with Gasteiger partial charge in [-0.05, 0) is 49.2 Å². The van der Waals surface area contributed by atoms with E-state index >= 15 is 0 Å². The highest BCUT2D eigenvalue weighted by Crippen LogP contribution is 2.49. The van der Waals surface area contributed by atoms with Gasteiger partial charge in [0.1, 0.15) is 0 Å². The number of carbonyl (C=O) groups is 1. The van der Waals surface area contributed by atoms with Gasteiger partial charge in [0.2, 0.25) is 0 Å². The molecule has 0 aromatic rings. The zero-order valence-electron chi connectivity index (χ0n) is 7.65. The second kappa shape index (κ2) is 3.52. The number of carboxylic acids is 1. The van der Waals surface area contributed by atoms with Crippen LogP contribution >= 0.6 is 12.6 Å². The summed E-state index contributed by atoms with van der Waals surface area (Å²) in [5.41, 5.74) is 0. The van der Waals surface area contributed by atoms with E-state index in [1.165, 1.54) is 12.8 Å². The van der Waals surface area contributed by atoms with Crippen LogP contribution < -0.4 is 0 Å². The summed E-state index contributed by atoms with van der Waals surface area (Å²) in [6.07, 6.45) is 4.73. The van der Waals surface area contributed by atoms with E-state index < -0.39 is 5.97 Å². The summed E-state index contributed by atoms with van der Waals surface area (Å²) in [4.78, 5) is 11.1. The van der Waals surface area contributed by atoms with Gasteiger partial charge < -0.3 is 5.11 Å². The van der Waals surface area contributed by atoms with Gasteiger partial charge >= 0.3 is 5.97 Å². The molecule has 74 valence electrons. The average Bonchev–Trinajstić information content (AvgIpc) is 2.17. The highest BCUT2D eigenvalue weighted by atomic mass is 32.1. The van der Waals surface area contributed by atoms with Gasteiger partial charge in [-0.25, -0.2) is 0 Å². The Morgan fingerprint density at radius 1 is 1.23 bits per heavy atom. The molecule has 0 spiro atoms. The predicted octanol–water partition coefficient (Wildman–Crippen LogP) is 2.05. The highest BCUT2D eigenvalue weighted by Gasteiger charge is 2.46. The minimum Gasteiger partial charge on any atom is -0.481 e. The van der Waals surface area contributed by atoms with Gasteiger partial charge in [0.05, 0.1) is 5.92 Å². The second-order valence-corrected chi connectivity index (χ2v) is 4.75. The van der Waals surface area contributed by atoms with E-state index in [4.69, 9.17) is 5.11 Å². The van der Waals surface area contributed by atoms with Crippen LogP contribution in [0.15, 0.2) is 0 Å². The first-order valence-electron chi connectivity index (χ1n) is 5.07. The Morgan fingerprint density at radius 2 is 1.77 bits per heavy atom. The van der Waals surface area contributed by atoms with Crippen LogP contribution in [0.4, 0.5) is 0 Å². The Labute approximate surface area is 84.1 Å². The van der Waals surface area contributed by atoms with E-state index in [1.807, 2.05) is 0 Å². The average molecular weight is 200 g/mol. The zero-order valence-corrected chi connectivity index (χ0v) is 8.54. The molecule has 3 saturated carbocycles. The molecule has 3 rings (SSSR count). The van der Waals surface area contributed by atoms with E-state index in [0.717, 1.165) is 18.6 Å². The number of carboxylic acid groups (broad SMARTS) is 1. The number of thiol groups is 1. The van der Waals surface area contributed by atoms with Crippen LogP contribution in [0.1, 0.15) is 25.7 Å². The van der Waals surface area contributed by atoms with Crippen molar-refractivity contribution < 1.29 is 9.90 Å². The minimum atomic E-state index is -0.589. The van der Waals surface area contributed by atoms with Crippen molar-refractivity contribution in [1.29, 1.82) is 0 Å². The number of rotatable bonds is 2. The van der Waals surface area contributed by atoms with E-state index in [0.29, 0.717) is 17.8 Å². The third kappa shape index (κ3) is 1.47. The largest absolute Gasteiger partial charge is 0.481 e. The summed E-state index contributed by atoms with van der Waals surface area (Å²) in [5.74, 6) is 1.49. The van der Waals surface area contributed by atoms with Gasteiger partial charge in [0.25, 0.3) is 0 Å². The fourth-order valence-corrected chi connectivity index (χ4v) is 3.75. The molecule has 0 radical (unpaired) electrons. The molecule has 3 heteroatoms. The van der Waals surface area contributed by atoms with Crippen LogP contribution in [0.3, 0.4) is 0 Å². The molecule has 3 fully saturated rings. The molecule has 0 amide bonds. The molecule has 2 bridgehead atoms. The van der Waals surface area contributed by atoms with Crippen molar-refractivity contribution >= 4 is 18.6 Å². The maximum atomic E-state index is 11.1. The fourth-order valence-electron chi connectivity index (χ4n) is 3.22. The summed E-state index contributed by atoms with van der Waals surface area (Å²) < 4.78 is 0. The van der Waals surface area contributed by atoms with Crippen molar-refractivity contribution in [3.8, 4) is 0 Å². The van der Waals surface area contributed by atoms with Crippen molar-refractivity contribution in [2.75, 3.05) is 5.75 Å². The summed E-state index contributed by atoms with van der Waals surface area (Å²) in [6, 6.07) is 0. The highest BCUT2D eigenvalue weighted by molar-refractivity contribution is 7.80. The summed E-state index contributed by atoms with van der Waals surface area (Å²) in [5, 5.41) is 9.13. The van der Waals surface area contributed by atoms with Crippen LogP contribution in [0, 0.1) is 23.7 Å². The number of fused-ring (bicyclic) bond motifs is 3. The fraction of sp³-hybridized carbons (Fsp3) is 0.900. The Hall–Kier alpha value is -0.180. The predicted molar refractivity (Wildman–Crippen MR) is 53.9 cm³/mol. The molecule has 2 atom stereocenters. The number of aliphatic carboxylic acids is 1. The van der Waals surface area contributed by atoms with Crippen LogP contribution in [-0.2, 0) is 4.79 Å². The monoisotopic (exact) mass is 200 g/mol. The van der Waals surface area contributed by atoms with Crippen molar-refractivity contribution in [2.45, 2.75) is 25.7 Å². The van der Waals surface area contributed by atoms with Gasteiger partial charge in [-0.2, -0.15) is 12.6 Å². The van der Waals surface area contributed by atoms with Gasteiger partial charge in [-0.1, -0.05) is 0 Å². The number of hydrogen-bond donors (Lipinski definition) is 2. The van der Waals surface area contributed by atoms with E-state index in [9.17, 15) is 4.79 Å². The number of hydrogen-bond acceptors (Lipinski definition) is 2. The molecule has 1 N–H and O–H groups in total. The van der Waals surface area contributed by atoms with Crippen molar-refractivity contribution in [3.05, 3.63) is 0 Å². The molecular weight excluding hydrogens is 184 g/mol. The first kappa shape index (κ1) is 9.38. The maximum absolute atomic E-state index is 11.1. The zero-order chi connectivity index (χ0) is 9.42. The lowest BCUT2D eigenvalue weighted by Crippen LogP contribution is -2.44. The van der Waals surface area contributed by atoms with Crippen LogP contribution in [0.25, 0.3) is 0 Å². The Kier molecular flexibility index (Phi) is 2.54. The van der Waals surface area contributed by atoms with E-state index in [-0.39, 0.29) is 5.92 Å². The van der Waals surface area contributed by atoms with Crippen molar-refractivity contribution in [1.82, 2.24) is 0 Å². The molecule has 13 heavy (non-hydrogen) atoms. The first-order valence-corrected chi connectivity index (χ1v) is 5.71. The summed E-state index contributed by atoms with van der Waals surface area (Å²) in [7, 11) is 0. The quantitative estimate of drug-likeness (QED) is 0.669. The molecule has 0 aliphatic heterocycles. The van der Waals surface area contributed by atoms with E-state index in [1.54, 1.807) is 0 Å². The SMILES string of the molecule is O=C(O)[C@@H]1C2CCC(CC2)[C@@H]1CS. The lowest BCUT2D eigenvalue weighted by Gasteiger charge is -2.46. The molecule has 3 aliphatic rings. The van der Waals surface area contributed by atoms with Crippen molar-refractivity contribution in [2.24, 2.45) is 23.7 Å². The molecule has 3 aliphatic carbocycles. The lowest BCUT2D eigenvalue weighted by molar-refractivity contribution is -0.151. The minimum absolute atomic E-state index is 0.0926. The first-order chi connectivity index (χ1) is 6.24. The Bertz CT molecular complexity index is 209. The van der Waals surface area contributed by atoms with Gasteiger partial charge in [-0.15, -0.1) is 0 Å². The second-order valence-electron chi connectivity index (χ2n) is 4.39.